The molecule has 0 radical (unpaired) electrons. The normalized spacial score (nSPS) is 10.7. The molecule has 1 heterocycles. The average Bonchev–Trinajstić information content (AvgIpc) is 2.52. The van der Waals surface area contributed by atoms with Gasteiger partial charge in [-0.05, 0) is 31.2 Å². The highest BCUT2D eigenvalue weighted by atomic mass is 19.1. The van der Waals surface area contributed by atoms with Gasteiger partial charge in [0.2, 0.25) is 5.43 Å². The van der Waals surface area contributed by atoms with Gasteiger partial charge >= 0.3 is 0 Å². The molecule has 116 valence electrons. The van der Waals surface area contributed by atoms with Crippen molar-refractivity contribution in [3.05, 3.63) is 75.8 Å². The lowest BCUT2D eigenvalue weighted by molar-refractivity contribution is 0.102. The Hall–Kier alpha value is -2.95. The molecule has 0 spiro atoms. The van der Waals surface area contributed by atoms with Gasteiger partial charge in [0.1, 0.15) is 11.4 Å². The second kappa shape index (κ2) is 5.68. The number of aromatic nitrogens is 1. The molecule has 5 heteroatoms. The van der Waals surface area contributed by atoms with Gasteiger partial charge in [0.05, 0.1) is 5.52 Å². The van der Waals surface area contributed by atoms with E-state index in [9.17, 15) is 14.0 Å². The molecule has 3 aromatic rings. The molecule has 0 aliphatic carbocycles. The standard InChI is InChI=1S/C18H15FN2O2/c1-11-6-8-12(9-7-11)20-18(23)14-10-21(2)16-13(17(14)22)4-3-5-15(16)19/h3-10H,1-2H3,(H,20,23). The smallest absolute Gasteiger partial charge is 0.261 e. The zero-order valence-electron chi connectivity index (χ0n) is 12.8. The summed E-state index contributed by atoms with van der Waals surface area (Å²) >= 11 is 0. The van der Waals surface area contributed by atoms with E-state index in [0.717, 1.165) is 5.56 Å². The van der Waals surface area contributed by atoms with Crippen molar-refractivity contribution in [1.82, 2.24) is 4.57 Å². The Balaban J connectivity index is 2.06. The zero-order valence-corrected chi connectivity index (χ0v) is 12.8. The molecule has 3 rings (SSSR count). The van der Waals surface area contributed by atoms with Crippen LogP contribution in [0.2, 0.25) is 0 Å². The molecular weight excluding hydrogens is 295 g/mol. The summed E-state index contributed by atoms with van der Waals surface area (Å²) in [6.45, 7) is 1.94. The second-order valence-electron chi connectivity index (χ2n) is 5.44. The maximum Gasteiger partial charge on any atom is 0.261 e. The number of hydrogen-bond donors (Lipinski definition) is 1. The summed E-state index contributed by atoms with van der Waals surface area (Å²) in [5, 5.41) is 2.87. The minimum Gasteiger partial charge on any atom is -0.347 e. The van der Waals surface area contributed by atoms with Gasteiger partial charge in [-0.1, -0.05) is 23.8 Å². The van der Waals surface area contributed by atoms with Crippen LogP contribution in [0.4, 0.5) is 10.1 Å². The van der Waals surface area contributed by atoms with Gasteiger partial charge in [0.15, 0.2) is 0 Å². The first kappa shape index (κ1) is 15.0. The van der Waals surface area contributed by atoms with Crippen molar-refractivity contribution >= 4 is 22.5 Å². The quantitative estimate of drug-likeness (QED) is 0.790. The molecule has 0 aliphatic rings. The number of carbonyl (C=O) groups excluding carboxylic acids is 1. The van der Waals surface area contributed by atoms with Crippen LogP contribution >= 0.6 is 0 Å². The highest BCUT2D eigenvalue weighted by Gasteiger charge is 2.16. The molecule has 0 saturated carbocycles. The Morgan fingerprint density at radius 2 is 1.83 bits per heavy atom. The van der Waals surface area contributed by atoms with Gasteiger partial charge in [-0.3, -0.25) is 9.59 Å². The van der Waals surface area contributed by atoms with Gasteiger partial charge in [-0.2, -0.15) is 0 Å². The number of aryl methyl sites for hydroxylation is 2. The number of nitrogens with zero attached hydrogens (tertiary/aromatic N) is 1. The number of fused-ring (bicyclic) bond motifs is 1. The molecule has 0 bridgehead atoms. The fraction of sp³-hybridized carbons (Fsp3) is 0.111. The minimum absolute atomic E-state index is 0.0221. The number of pyridine rings is 1. The first-order valence-electron chi connectivity index (χ1n) is 7.13. The van der Waals surface area contributed by atoms with E-state index in [4.69, 9.17) is 0 Å². The lowest BCUT2D eigenvalue weighted by Crippen LogP contribution is -2.23. The molecule has 0 saturated heterocycles. The van der Waals surface area contributed by atoms with Crippen molar-refractivity contribution in [2.45, 2.75) is 6.92 Å². The molecule has 0 fully saturated rings. The van der Waals surface area contributed by atoms with Crippen molar-refractivity contribution in [3.8, 4) is 0 Å². The maximum absolute atomic E-state index is 13.9. The number of hydrogen-bond acceptors (Lipinski definition) is 2. The van der Waals surface area contributed by atoms with Crippen LogP contribution in [0.5, 0.6) is 0 Å². The molecule has 0 atom stereocenters. The zero-order chi connectivity index (χ0) is 16.6. The summed E-state index contributed by atoms with van der Waals surface area (Å²) in [6, 6.07) is 11.5. The Kier molecular flexibility index (Phi) is 3.70. The fourth-order valence-corrected chi connectivity index (χ4v) is 2.52. The van der Waals surface area contributed by atoms with Crippen LogP contribution in [-0.4, -0.2) is 10.5 Å². The molecule has 1 aromatic heterocycles. The molecule has 23 heavy (non-hydrogen) atoms. The number of rotatable bonds is 2. The Morgan fingerprint density at radius 3 is 2.52 bits per heavy atom. The SMILES string of the molecule is Cc1ccc(NC(=O)c2cn(C)c3c(F)cccc3c2=O)cc1. The lowest BCUT2D eigenvalue weighted by Gasteiger charge is -2.10. The van der Waals surface area contributed by atoms with E-state index in [1.165, 1.54) is 29.0 Å². The molecule has 4 nitrogen and oxygen atoms in total. The molecule has 2 aromatic carbocycles. The minimum atomic E-state index is -0.513. The summed E-state index contributed by atoms with van der Waals surface area (Å²) in [4.78, 5) is 24.9. The van der Waals surface area contributed by atoms with Gasteiger partial charge in [-0.15, -0.1) is 0 Å². The molecular formula is C18H15FN2O2. The van der Waals surface area contributed by atoms with E-state index in [1.807, 2.05) is 19.1 Å². The Bertz CT molecular complexity index is 959. The van der Waals surface area contributed by atoms with Crippen LogP contribution in [0, 0.1) is 12.7 Å². The van der Waals surface area contributed by atoms with E-state index in [2.05, 4.69) is 5.32 Å². The van der Waals surface area contributed by atoms with Crippen LogP contribution in [0.3, 0.4) is 0 Å². The molecule has 1 amide bonds. The highest BCUT2D eigenvalue weighted by molar-refractivity contribution is 6.05. The Labute approximate surface area is 132 Å². The largest absolute Gasteiger partial charge is 0.347 e. The van der Waals surface area contributed by atoms with Crippen LogP contribution in [0.25, 0.3) is 10.9 Å². The summed E-state index contributed by atoms with van der Waals surface area (Å²) < 4.78 is 15.3. The number of amides is 1. The third-order valence-corrected chi connectivity index (χ3v) is 3.71. The van der Waals surface area contributed by atoms with Gasteiger partial charge in [0.25, 0.3) is 5.91 Å². The number of nitrogens with one attached hydrogen (secondary N) is 1. The number of para-hydroxylation sites is 1. The predicted molar refractivity (Wildman–Crippen MR) is 88.3 cm³/mol. The monoisotopic (exact) mass is 310 g/mol. The van der Waals surface area contributed by atoms with Gasteiger partial charge < -0.3 is 9.88 Å². The number of halogens is 1. The van der Waals surface area contributed by atoms with Crippen molar-refractivity contribution in [1.29, 1.82) is 0 Å². The van der Waals surface area contributed by atoms with Gasteiger partial charge in [0, 0.05) is 24.3 Å². The number of carbonyl (C=O) groups is 1. The molecule has 0 unspecified atom stereocenters. The summed E-state index contributed by atoms with van der Waals surface area (Å²) in [5.74, 6) is -1.01. The van der Waals surface area contributed by atoms with Crippen molar-refractivity contribution in [2.75, 3.05) is 5.32 Å². The highest BCUT2D eigenvalue weighted by Crippen LogP contribution is 2.16. The van der Waals surface area contributed by atoms with E-state index < -0.39 is 17.2 Å². The van der Waals surface area contributed by atoms with E-state index in [1.54, 1.807) is 19.2 Å². The fourth-order valence-electron chi connectivity index (χ4n) is 2.52. The third kappa shape index (κ3) is 2.73. The summed E-state index contributed by atoms with van der Waals surface area (Å²) in [5.41, 5.74) is 1.35. The van der Waals surface area contributed by atoms with Crippen molar-refractivity contribution in [3.63, 3.8) is 0 Å². The topological polar surface area (TPSA) is 51.1 Å². The van der Waals surface area contributed by atoms with Crippen LogP contribution in [0.15, 0.2) is 53.5 Å². The first-order valence-corrected chi connectivity index (χ1v) is 7.13. The average molecular weight is 310 g/mol. The predicted octanol–water partition coefficient (Wildman–Crippen LogP) is 3.24. The van der Waals surface area contributed by atoms with Gasteiger partial charge in [-0.25, -0.2) is 4.39 Å². The van der Waals surface area contributed by atoms with Crippen LogP contribution < -0.4 is 10.7 Å². The summed E-state index contributed by atoms with van der Waals surface area (Å²) in [6.07, 6.45) is 1.36. The molecule has 0 aliphatic heterocycles. The van der Waals surface area contributed by atoms with E-state index >= 15 is 0 Å². The second-order valence-corrected chi connectivity index (χ2v) is 5.44. The first-order chi connectivity index (χ1) is 11.0. The number of benzene rings is 2. The van der Waals surface area contributed by atoms with Crippen LogP contribution in [-0.2, 0) is 7.05 Å². The Morgan fingerprint density at radius 1 is 1.13 bits per heavy atom. The third-order valence-electron chi connectivity index (χ3n) is 3.71. The van der Waals surface area contributed by atoms with E-state index in [-0.39, 0.29) is 16.5 Å². The summed E-state index contributed by atoms with van der Waals surface area (Å²) in [7, 11) is 1.60. The van der Waals surface area contributed by atoms with Crippen LogP contribution in [0.1, 0.15) is 15.9 Å². The molecule has 1 N–H and O–H groups in total. The number of anilines is 1. The maximum atomic E-state index is 13.9. The van der Waals surface area contributed by atoms with Crippen molar-refractivity contribution < 1.29 is 9.18 Å². The van der Waals surface area contributed by atoms with E-state index in [0.29, 0.717) is 5.69 Å². The van der Waals surface area contributed by atoms with Crippen molar-refractivity contribution in [2.24, 2.45) is 7.05 Å². The lowest BCUT2D eigenvalue weighted by atomic mass is 10.1.